The molecule has 0 radical (unpaired) electrons. The van der Waals surface area contributed by atoms with Crippen LogP contribution in [-0.2, 0) is 14.3 Å². The van der Waals surface area contributed by atoms with E-state index in [1.54, 1.807) is 18.2 Å². The van der Waals surface area contributed by atoms with Gasteiger partial charge in [-0.15, -0.1) is 0 Å². The van der Waals surface area contributed by atoms with Gasteiger partial charge in [0.1, 0.15) is 12.0 Å². The van der Waals surface area contributed by atoms with Crippen LogP contribution in [0, 0.1) is 28.6 Å². The highest BCUT2D eigenvalue weighted by Crippen LogP contribution is 2.12. The van der Waals surface area contributed by atoms with Gasteiger partial charge in [0.05, 0.1) is 6.07 Å². The molecule has 0 spiro atoms. The fourth-order valence-electron chi connectivity index (χ4n) is 2.26. The topological polar surface area (TPSA) is 120 Å². The number of carbonyl (C=O) groups is 3. The van der Waals surface area contributed by atoms with Crippen LogP contribution in [0.15, 0.2) is 24.3 Å². The molecule has 7 nitrogen and oxygen atoms in total. The fraction of sp³-hybridized carbons (Fsp3) is 0.421. The molecule has 2 atom stereocenters. The SMILES string of the molecule is CC(=N)[C@@H](C#N)C(=O)COC(=O)[C@H](CC(C)C)NC(=O)c1ccc(Cl)cc1. The zero-order valence-electron chi connectivity index (χ0n) is 15.4. The molecular weight excluding hydrogens is 370 g/mol. The molecule has 0 bridgehead atoms. The van der Waals surface area contributed by atoms with Crippen molar-refractivity contribution in [2.24, 2.45) is 11.8 Å². The van der Waals surface area contributed by atoms with Crippen molar-refractivity contribution in [1.29, 1.82) is 10.7 Å². The highest BCUT2D eigenvalue weighted by Gasteiger charge is 2.27. The number of hydrogen-bond acceptors (Lipinski definition) is 6. The maximum Gasteiger partial charge on any atom is 0.329 e. The summed E-state index contributed by atoms with van der Waals surface area (Å²) in [5.41, 5.74) is 0.217. The minimum Gasteiger partial charge on any atom is -0.456 e. The number of halogens is 1. The van der Waals surface area contributed by atoms with E-state index in [2.05, 4.69) is 5.32 Å². The van der Waals surface area contributed by atoms with Gasteiger partial charge in [0.25, 0.3) is 5.91 Å². The van der Waals surface area contributed by atoms with Gasteiger partial charge in [0.15, 0.2) is 12.4 Å². The van der Waals surface area contributed by atoms with Crippen molar-refractivity contribution in [3.05, 3.63) is 34.9 Å². The number of nitrogens with zero attached hydrogens (tertiary/aromatic N) is 1. The Morgan fingerprint density at radius 1 is 1.26 bits per heavy atom. The standard InChI is InChI=1S/C19H22ClN3O4/c1-11(2)8-16(23-18(25)13-4-6-14(20)7-5-13)19(26)27-10-17(24)15(9-21)12(3)22/h4-7,11,15-16,22H,8,10H2,1-3H3,(H,23,25)/t15-,16+/m1/s1. The van der Waals surface area contributed by atoms with E-state index in [-0.39, 0.29) is 11.6 Å². The quantitative estimate of drug-likeness (QED) is 0.495. The van der Waals surface area contributed by atoms with Crippen LogP contribution in [0.1, 0.15) is 37.6 Å². The average Bonchev–Trinajstić information content (AvgIpc) is 2.59. The zero-order chi connectivity index (χ0) is 20.6. The maximum atomic E-state index is 12.3. The molecular formula is C19H22ClN3O4. The number of nitriles is 1. The van der Waals surface area contributed by atoms with Crippen molar-refractivity contribution < 1.29 is 19.1 Å². The summed E-state index contributed by atoms with van der Waals surface area (Å²) in [6.07, 6.45) is 0.317. The number of carbonyl (C=O) groups excluding carboxylic acids is 3. The number of amides is 1. The van der Waals surface area contributed by atoms with Crippen molar-refractivity contribution in [2.75, 3.05) is 6.61 Å². The first-order valence-electron chi connectivity index (χ1n) is 8.36. The van der Waals surface area contributed by atoms with Crippen molar-refractivity contribution in [2.45, 2.75) is 33.2 Å². The predicted molar refractivity (Wildman–Crippen MR) is 101 cm³/mol. The van der Waals surface area contributed by atoms with Gasteiger partial charge >= 0.3 is 5.97 Å². The largest absolute Gasteiger partial charge is 0.456 e. The highest BCUT2D eigenvalue weighted by atomic mass is 35.5. The molecule has 0 aliphatic heterocycles. The van der Waals surface area contributed by atoms with E-state index in [1.807, 2.05) is 13.8 Å². The third kappa shape index (κ3) is 7.19. The third-order valence-corrected chi connectivity index (χ3v) is 3.90. The first-order chi connectivity index (χ1) is 12.6. The lowest BCUT2D eigenvalue weighted by atomic mass is 10.0. The molecule has 1 aromatic carbocycles. The molecule has 0 saturated carbocycles. The van der Waals surface area contributed by atoms with E-state index >= 15 is 0 Å². The monoisotopic (exact) mass is 391 g/mol. The van der Waals surface area contributed by atoms with Crippen molar-refractivity contribution >= 4 is 35.0 Å². The summed E-state index contributed by atoms with van der Waals surface area (Å²) in [7, 11) is 0. The Hall–Kier alpha value is -2.72. The van der Waals surface area contributed by atoms with Crippen LogP contribution in [0.3, 0.4) is 0 Å². The Kier molecular flexibility index (Phi) is 8.63. The number of Topliss-reactive ketones (excluding diaryl/α,β-unsaturated/α-hetero) is 1. The molecule has 1 amide bonds. The van der Waals surface area contributed by atoms with Gasteiger partial charge in [0.2, 0.25) is 0 Å². The molecule has 0 aromatic heterocycles. The van der Waals surface area contributed by atoms with Gasteiger partial charge in [-0.3, -0.25) is 9.59 Å². The van der Waals surface area contributed by atoms with Crippen LogP contribution in [0.2, 0.25) is 5.02 Å². The maximum absolute atomic E-state index is 12.3. The number of esters is 1. The molecule has 0 heterocycles. The summed E-state index contributed by atoms with van der Waals surface area (Å²) in [6, 6.07) is 6.94. The Balaban J connectivity index is 2.78. The minimum absolute atomic E-state index is 0.0828. The molecule has 0 aliphatic rings. The lowest BCUT2D eigenvalue weighted by Crippen LogP contribution is -2.43. The van der Waals surface area contributed by atoms with Crippen LogP contribution in [0.4, 0.5) is 0 Å². The first-order valence-corrected chi connectivity index (χ1v) is 8.74. The van der Waals surface area contributed by atoms with Gasteiger partial charge in [-0.25, -0.2) is 4.79 Å². The molecule has 0 fully saturated rings. The summed E-state index contributed by atoms with van der Waals surface area (Å²) in [5.74, 6) is -3.07. The Morgan fingerprint density at radius 3 is 2.33 bits per heavy atom. The van der Waals surface area contributed by atoms with Crippen LogP contribution in [-0.4, -0.2) is 36.0 Å². The lowest BCUT2D eigenvalue weighted by molar-refractivity contribution is -0.150. The number of ether oxygens (including phenoxy) is 1. The van der Waals surface area contributed by atoms with Gasteiger partial charge in [0, 0.05) is 16.3 Å². The van der Waals surface area contributed by atoms with Crippen molar-refractivity contribution in [3.63, 3.8) is 0 Å². The number of rotatable bonds is 9. The first kappa shape index (κ1) is 22.3. The van der Waals surface area contributed by atoms with Crippen LogP contribution < -0.4 is 5.32 Å². The van der Waals surface area contributed by atoms with Crippen LogP contribution in [0.5, 0.6) is 0 Å². The number of nitrogens with one attached hydrogen (secondary N) is 2. The third-order valence-electron chi connectivity index (χ3n) is 3.64. The molecule has 2 N–H and O–H groups in total. The van der Waals surface area contributed by atoms with Crippen LogP contribution >= 0.6 is 11.6 Å². The van der Waals surface area contributed by atoms with Crippen LogP contribution in [0.25, 0.3) is 0 Å². The normalized spacial score (nSPS) is 12.6. The Morgan fingerprint density at radius 2 is 1.85 bits per heavy atom. The van der Waals surface area contributed by atoms with E-state index in [4.69, 9.17) is 27.0 Å². The van der Waals surface area contributed by atoms with Crippen molar-refractivity contribution in [1.82, 2.24) is 5.32 Å². The second kappa shape index (κ2) is 10.4. The second-order valence-corrected chi connectivity index (χ2v) is 6.92. The summed E-state index contributed by atoms with van der Waals surface area (Å²) < 4.78 is 4.98. The molecule has 1 aromatic rings. The summed E-state index contributed by atoms with van der Waals surface area (Å²) >= 11 is 5.80. The zero-order valence-corrected chi connectivity index (χ0v) is 16.2. The summed E-state index contributed by atoms with van der Waals surface area (Å²) in [4.78, 5) is 36.6. The van der Waals surface area contributed by atoms with E-state index < -0.39 is 36.2 Å². The smallest absolute Gasteiger partial charge is 0.329 e. The molecule has 0 aliphatic carbocycles. The molecule has 0 saturated heterocycles. The molecule has 1 rings (SSSR count). The number of hydrogen-bond donors (Lipinski definition) is 2. The van der Waals surface area contributed by atoms with E-state index in [0.29, 0.717) is 17.0 Å². The lowest BCUT2D eigenvalue weighted by Gasteiger charge is -2.19. The summed E-state index contributed by atoms with van der Waals surface area (Å²) in [6.45, 7) is 4.47. The van der Waals surface area contributed by atoms with Gasteiger partial charge in [-0.2, -0.15) is 5.26 Å². The minimum atomic E-state index is -1.25. The van der Waals surface area contributed by atoms with Gasteiger partial charge in [-0.05, 0) is 43.5 Å². The molecule has 144 valence electrons. The highest BCUT2D eigenvalue weighted by molar-refractivity contribution is 6.30. The summed E-state index contributed by atoms with van der Waals surface area (Å²) in [5, 5.41) is 19.4. The number of benzene rings is 1. The Bertz CT molecular complexity index is 753. The predicted octanol–water partition coefficient (Wildman–Crippen LogP) is 2.78. The second-order valence-electron chi connectivity index (χ2n) is 6.48. The van der Waals surface area contributed by atoms with E-state index in [1.165, 1.54) is 19.1 Å². The van der Waals surface area contributed by atoms with E-state index in [0.717, 1.165) is 0 Å². The fourth-order valence-corrected chi connectivity index (χ4v) is 2.39. The number of ketones is 1. The van der Waals surface area contributed by atoms with Gasteiger partial charge in [-0.1, -0.05) is 25.4 Å². The van der Waals surface area contributed by atoms with E-state index in [9.17, 15) is 14.4 Å². The average molecular weight is 392 g/mol. The van der Waals surface area contributed by atoms with Crippen molar-refractivity contribution in [3.8, 4) is 6.07 Å². The molecule has 27 heavy (non-hydrogen) atoms. The molecule has 8 heteroatoms. The van der Waals surface area contributed by atoms with Gasteiger partial charge < -0.3 is 15.5 Å². The molecule has 0 unspecified atom stereocenters. The Labute approximate surface area is 163 Å².